The Labute approximate surface area is 244 Å². The molecule has 0 heterocycles. The summed E-state index contributed by atoms with van der Waals surface area (Å²) in [4.78, 5) is 2.56. The molecule has 0 aliphatic heterocycles. The molecular weight excluding hydrogens is 458 g/mol. The first kappa shape index (κ1) is 38.0. The van der Waals surface area contributed by atoms with Crippen molar-refractivity contribution in [2.45, 2.75) is 220 Å². The smallest absolute Gasteiger partial charge is 0.00190 e. The molecule has 0 atom stereocenters. The third-order valence-electron chi connectivity index (χ3n) is 8.97. The largest absolute Gasteiger partial charge is 0.304 e. The van der Waals surface area contributed by atoms with Gasteiger partial charge in [0.2, 0.25) is 0 Å². The molecule has 1 nitrogen and oxygen atoms in total. The molecule has 230 valence electrons. The lowest BCUT2D eigenvalue weighted by atomic mass is 10.0. The quantitative estimate of drug-likeness (QED) is 0.0740. The van der Waals surface area contributed by atoms with Gasteiger partial charge in [0, 0.05) is 0 Å². The molecule has 1 heteroatoms. The maximum absolute atomic E-state index is 2.56. The normalized spacial score (nSPS) is 11.7. The maximum atomic E-state index is 2.56. The fourth-order valence-corrected chi connectivity index (χ4v) is 6.07. The Morgan fingerprint density at radius 3 is 0.605 bits per heavy atom. The van der Waals surface area contributed by atoms with E-state index in [1.54, 1.807) is 0 Å². The monoisotopic (exact) mass is 536 g/mol. The molecule has 0 saturated carbocycles. The number of hydrogen-bond acceptors (Lipinski definition) is 1. The molecule has 0 radical (unpaired) electrons. The molecule has 0 aromatic carbocycles. The van der Waals surface area contributed by atoms with Crippen LogP contribution in [-0.4, -0.2) is 24.5 Å². The van der Waals surface area contributed by atoms with Crippen LogP contribution in [-0.2, 0) is 0 Å². The van der Waals surface area contributed by atoms with E-state index in [1.165, 1.54) is 219 Å². The van der Waals surface area contributed by atoms with Gasteiger partial charge >= 0.3 is 0 Å². The Bertz CT molecular complexity index is 388. The van der Waals surface area contributed by atoms with Crippen molar-refractivity contribution in [2.24, 2.45) is 0 Å². The van der Waals surface area contributed by atoms with Crippen LogP contribution in [0.15, 0.2) is 0 Å². The van der Waals surface area contributed by atoms with Gasteiger partial charge in [0.05, 0.1) is 0 Å². The molecule has 0 amide bonds. The first-order valence-electron chi connectivity index (χ1n) is 18.6. The van der Waals surface area contributed by atoms with Crippen LogP contribution in [0.25, 0.3) is 0 Å². The molecule has 0 unspecified atom stereocenters. The first-order valence-corrected chi connectivity index (χ1v) is 18.6. The Balaban J connectivity index is 3.05. The van der Waals surface area contributed by atoms with Crippen molar-refractivity contribution < 1.29 is 0 Å². The Morgan fingerprint density at radius 2 is 0.421 bits per heavy atom. The van der Waals surface area contributed by atoms with Gasteiger partial charge < -0.3 is 4.90 Å². The van der Waals surface area contributed by atoms with Gasteiger partial charge in [-0.05, 0) is 26.1 Å². The van der Waals surface area contributed by atoms with E-state index in [9.17, 15) is 0 Å². The summed E-state index contributed by atoms with van der Waals surface area (Å²) < 4.78 is 0. The summed E-state index contributed by atoms with van der Waals surface area (Å²) >= 11 is 0. The summed E-state index contributed by atoms with van der Waals surface area (Å²) in [7, 11) is 0. The molecule has 0 bridgehead atoms. The maximum Gasteiger partial charge on any atom is -0.00190 e. The van der Waals surface area contributed by atoms with Gasteiger partial charge in [-0.15, -0.1) is 0 Å². The van der Waals surface area contributed by atoms with Gasteiger partial charge in [-0.2, -0.15) is 0 Å². The highest BCUT2D eigenvalue weighted by atomic mass is 15.1. The number of rotatable bonds is 34. The third-order valence-corrected chi connectivity index (χ3v) is 8.97. The van der Waals surface area contributed by atoms with Crippen LogP contribution in [0.4, 0.5) is 0 Å². The summed E-state index contributed by atoms with van der Waals surface area (Å²) in [6.45, 7) is 10.6. The second-order valence-electron chi connectivity index (χ2n) is 12.6. The second-order valence-corrected chi connectivity index (χ2v) is 12.6. The van der Waals surface area contributed by atoms with Crippen molar-refractivity contribution in [3.8, 4) is 0 Å². The number of hydrogen-bond donors (Lipinski definition) is 0. The molecule has 0 fully saturated rings. The summed E-state index contributed by atoms with van der Waals surface area (Å²) in [6, 6.07) is 0. The zero-order valence-corrected chi connectivity index (χ0v) is 27.5. The van der Waals surface area contributed by atoms with Crippen LogP contribution in [0.3, 0.4) is 0 Å². The zero-order chi connectivity index (χ0) is 27.6. The average Bonchev–Trinajstić information content (AvgIpc) is 2.94. The van der Waals surface area contributed by atoms with Crippen molar-refractivity contribution >= 4 is 0 Å². The van der Waals surface area contributed by atoms with Gasteiger partial charge in [-0.1, -0.05) is 213 Å². The van der Waals surface area contributed by atoms with Crippen LogP contribution < -0.4 is 0 Å². The molecule has 0 aliphatic carbocycles. The van der Waals surface area contributed by atoms with Crippen molar-refractivity contribution in [1.82, 2.24) is 4.90 Å². The van der Waals surface area contributed by atoms with Crippen LogP contribution in [0.1, 0.15) is 220 Å². The fraction of sp³-hybridized carbons (Fsp3) is 1.00. The van der Waals surface area contributed by atoms with E-state index in [4.69, 9.17) is 0 Å². The van der Waals surface area contributed by atoms with E-state index in [-0.39, 0.29) is 0 Å². The molecule has 0 aliphatic rings. The molecule has 0 aromatic rings. The highest BCUT2D eigenvalue weighted by molar-refractivity contribution is 4.55. The lowest BCUT2D eigenvalue weighted by Gasteiger charge is -2.17. The molecule has 0 N–H and O–H groups in total. The minimum atomic E-state index is 1.22. The van der Waals surface area contributed by atoms with Crippen LogP contribution >= 0.6 is 0 Å². The Morgan fingerprint density at radius 1 is 0.237 bits per heavy atom. The fourth-order valence-electron chi connectivity index (χ4n) is 6.07. The van der Waals surface area contributed by atoms with Gasteiger partial charge in [0.15, 0.2) is 0 Å². The standard InChI is InChI=1S/C37H77N/c1-4-7-8-9-10-11-12-13-14-15-16-17-18-19-20-21-22-23-24-25-26-27-28-29-30-31-32-33-34-35-36-37-38(5-2)6-3/h4-37H2,1-3H3. The van der Waals surface area contributed by atoms with E-state index in [2.05, 4.69) is 25.7 Å². The first-order chi connectivity index (χ1) is 18.8. The van der Waals surface area contributed by atoms with Crippen molar-refractivity contribution in [1.29, 1.82) is 0 Å². The number of unbranched alkanes of at least 4 members (excludes halogenated alkanes) is 30. The number of nitrogens with zero attached hydrogens (tertiary/aromatic N) is 1. The van der Waals surface area contributed by atoms with Gasteiger partial charge in [-0.25, -0.2) is 0 Å². The second kappa shape index (κ2) is 35.0. The predicted octanol–water partition coefficient (Wildman–Crippen LogP) is 13.4. The molecular formula is C37H77N. The summed E-state index contributed by atoms with van der Waals surface area (Å²) in [5.74, 6) is 0. The Hall–Kier alpha value is -0.0400. The van der Waals surface area contributed by atoms with E-state index in [0.29, 0.717) is 0 Å². The summed E-state index contributed by atoms with van der Waals surface area (Å²) in [6.07, 6.45) is 45.8. The van der Waals surface area contributed by atoms with Crippen LogP contribution in [0, 0.1) is 0 Å². The molecule has 0 aromatic heterocycles. The van der Waals surface area contributed by atoms with Crippen molar-refractivity contribution in [2.75, 3.05) is 19.6 Å². The summed E-state index contributed by atoms with van der Waals surface area (Å²) in [5.41, 5.74) is 0. The third kappa shape index (κ3) is 32.2. The SMILES string of the molecule is CCCCCCCCCCCCCCCCCCCCCCCCCCCCCCCCCN(CC)CC. The molecule has 0 spiro atoms. The van der Waals surface area contributed by atoms with Crippen LogP contribution in [0.2, 0.25) is 0 Å². The van der Waals surface area contributed by atoms with E-state index < -0.39 is 0 Å². The lowest BCUT2D eigenvalue weighted by Crippen LogP contribution is -2.23. The van der Waals surface area contributed by atoms with E-state index in [0.717, 1.165) is 0 Å². The molecule has 0 rings (SSSR count). The van der Waals surface area contributed by atoms with Gasteiger partial charge in [0.25, 0.3) is 0 Å². The highest BCUT2D eigenvalue weighted by Crippen LogP contribution is 2.16. The topological polar surface area (TPSA) is 3.24 Å². The minimum absolute atomic E-state index is 1.22. The minimum Gasteiger partial charge on any atom is -0.304 e. The lowest BCUT2D eigenvalue weighted by molar-refractivity contribution is 0.295. The van der Waals surface area contributed by atoms with E-state index >= 15 is 0 Å². The van der Waals surface area contributed by atoms with Crippen LogP contribution in [0.5, 0.6) is 0 Å². The van der Waals surface area contributed by atoms with Crippen molar-refractivity contribution in [3.63, 3.8) is 0 Å². The molecule has 38 heavy (non-hydrogen) atoms. The van der Waals surface area contributed by atoms with Gasteiger partial charge in [-0.3, -0.25) is 0 Å². The molecule has 0 saturated heterocycles. The summed E-state index contributed by atoms with van der Waals surface area (Å²) in [5, 5.41) is 0. The zero-order valence-electron chi connectivity index (χ0n) is 27.5. The highest BCUT2D eigenvalue weighted by Gasteiger charge is 1.99. The van der Waals surface area contributed by atoms with Gasteiger partial charge in [0.1, 0.15) is 0 Å². The Kier molecular flexibility index (Phi) is 35.0. The van der Waals surface area contributed by atoms with E-state index in [1.807, 2.05) is 0 Å². The predicted molar refractivity (Wildman–Crippen MR) is 177 cm³/mol. The average molecular weight is 536 g/mol. The van der Waals surface area contributed by atoms with Crippen molar-refractivity contribution in [3.05, 3.63) is 0 Å².